The number of fused-ring (bicyclic) bond motifs is 1. The van der Waals surface area contributed by atoms with Crippen LogP contribution in [0.1, 0.15) is 38.7 Å². The van der Waals surface area contributed by atoms with Crippen LogP contribution in [0.5, 0.6) is 0 Å². The highest BCUT2D eigenvalue weighted by molar-refractivity contribution is 5.77. The monoisotopic (exact) mass is 300 g/mol. The largest absolute Gasteiger partial charge is 0.340 e. The molecule has 2 aliphatic rings. The average molecular weight is 300 g/mol. The van der Waals surface area contributed by atoms with E-state index in [2.05, 4.69) is 54.0 Å². The normalized spacial score (nSPS) is 26.9. The lowest BCUT2D eigenvalue weighted by Gasteiger charge is -2.37. The van der Waals surface area contributed by atoms with E-state index in [0.29, 0.717) is 23.8 Å². The number of carbonyl (C=O) groups excluding carboxylic acids is 1. The zero-order valence-electron chi connectivity index (χ0n) is 13.9. The van der Waals surface area contributed by atoms with Gasteiger partial charge in [0.1, 0.15) is 0 Å². The number of hydrogen-bond acceptors (Lipinski definition) is 2. The Morgan fingerprint density at radius 1 is 1.09 bits per heavy atom. The SMILES string of the molecule is CC(C)N1CC[C@@H]2CN(Cc3ccccc3)CC[C@H]2CC1=O. The number of likely N-dealkylation sites (tertiary alicyclic amines) is 2. The molecule has 3 heteroatoms. The standard InChI is InChI=1S/C19H28N2O/c1-15(2)21-11-9-18-14-20(10-8-17(18)12-19(21)22)13-16-6-4-3-5-7-16/h3-7,15,17-18H,8-14H2,1-2H3/t17-,18+/m0/s1. The van der Waals surface area contributed by atoms with Gasteiger partial charge in [-0.25, -0.2) is 0 Å². The highest BCUT2D eigenvalue weighted by Crippen LogP contribution is 2.33. The molecule has 0 N–H and O–H groups in total. The number of amides is 1. The van der Waals surface area contributed by atoms with Crippen molar-refractivity contribution in [3.05, 3.63) is 35.9 Å². The van der Waals surface area contributed by atoms with Crippen molar-refractivity contribution in [3.8, 4) is 0 Å². The number of carbonyl (C=O) groups is 1. The molecule has 0 radical (unpaired) electrons. The minimum atomic E-state index is 0.341. The van der Waals surface area contributed by atoms with Crippen molar-refractivity contribution >= 4 is 5.91 Å². The quantitative estimate of drug-likeness (QED) is 0.856. The molecule has 0 aromatic heterocycles. The van der Waals surface area contributed by atoms with Crippen LogP contribution >= 0.6 is 0 Å². The molecule has 0 aliphatic carbocycles. The third-order valence-corrected chi connectivity index (χ3v) is 5.35. The molecular weight excluding hydrogens is 272 g/mol. The van der Waals surface area contributed by atoms with E-state index in [9.17, 15) is 4.79 Å². The van der Waals surface area contributed by atoms with Crippen LogP contribution in [0.3, 0.4) is 0 Å². The molecule has 0 saturated carbocycles. The molecule has 0 unspecified atom stereocenters. The first-order chi connectivity index (χ1) is 10.6. The van der Waals surface area contributed by atoms with Crippen molar-refractivity contribution in [3.63, 3.8) is 0 Å². The molecular formula is C19H28N2O. The van der Waals surface area contributed by atoms with Gasteiger partial charge in [0, 0.05) is 32.1 Å². The summed E-state index contributed by atoms with van der Waals surface area (Å²) in [6.07, 6.45) is 3.11. The van der Waals surface area contributed by atoms with E-state index in [1.165, 1.54) is 18.4 Å². The second-order valence-corrected chi connectivity index (χ2v) is 7.20. The first-order valence-corrected chi connectivity index (χ1v) is 8.69. The van der Waals surface area contributed by atoms with E-state index < -0.39 is 0 Å². The molecule has 0 bridgehead atoms. The Kier molecular flexibility index (Phi) is 4.82. The van der Waals surface area contributed by atoms with Crippen LogP contribution in [0.2, 0.25) is 0 Å². The fourth-order valence-electron chi connectivity index (χ4n) is 4.05. The van der Waals surface area contributed by atoms with Crippen molar-refractivity contribution in [2.75, 3.05) is 19.6 Å². The highest BCUT2D eigenvalue weighted by Gasteiger charge is 2.35. The first kappa shape index (κ1) is 15.5. The van der Waals surface area contributed by atoms with Gasteiger partial charge < -0.3 is 4.90 Å². The fourth-order valence-corrected chi connectivity index (χ4v) is 4.05. The van der Waals surface area contributed by atoms with Gasteiger partial charge in [-0.05, 0) is 50.6 Å². The second kappa shape index (κ2) is 6.82. The van der Waals surface area contributed by atoms with Crippen LogP contribution < -0.4 is 0 Å². The molecule has 2 aliphatic heterocycles. The Labute approximate surface area is 134 Å². The summed E-state index contributed by atoms with van der Waals surface area (Å²) in [5.74, 6) is 1.66. The van der Waals surface area contributed by atoms with E-state index in [1.807, 2.05) is 0 Å². The van der Waals surface area contributed by atoms with Crippen LogP contribution in [0, 0.1) is 11.8 Å². The zero-order chi connectivity index (χ0) is 15.5. The maximum atomic E-state index is 12.4. The summed E-state index contributed by atoms with van der Waals surface area (Å²) in [5, 5.41) is 0. The van der Waals surface area contributed by atoms with E-state index in [1.54, 1.807) is 0 Å². The van der Waals surface area contributed by atoms with Crippen molar-refractivity contribution < 1.29 is 4.79 Å². The molecule has 2 atom stereocenters. The van der Waals surface area contributed by atoms with Gasteiger partial charge in [0.25, 0.3) is 0 Å². The van der Waals surface area contributed by atoms with Gasteiger partial charge in [0.05, 0.1) is 0 Å². The third-order valence-electron chi connectivity index (χ3n) is 5.35. The smallest absolute Gasteiger partial charge is 0.223 e. The summed E-state index contributed by atoms with van der Waals surface area (Å²) in [6.45, 7) is 8.54. The van der Waals surface area contributed by atoms with Crippen molar-refractivity contribution in [2.45, 2.75) is 45.7 Å². The Balaban J connectivity index is 1.62. The number of hydrogen-bond donors (Lipinski definition) is 0. The highest BCUT2D eigenvalue weighted by atomic mass is 16.2. The van der Waals surface area contributed by atoms with Crippen LogP contribution in [-0.4, -0.2) is 41.4 Å². The lowest BCUT2D eigenvalue weighted by molar-refractivity contribution is -0.133. The molecule has 1 amide bonds. The average Bonchev–Trinajstić information content (AvgIpc) is 2.66. The Morgan fingerprint density at radius 2 is 1.82 bits per heavy atom. The summed E-state index contributed by atoms with van der Waals surface area (Å²) >= 11 is 0. The van der Waals surface area contributed by atoms with Gasteiger partial charge in [-0.15, -0.1) is 0 Å². The lowest BCUT2D eigenvalue weighted by Crippen LogP contribution is -2.40. The van der Waals surface area contributed by atoms with Gasteiger partial charge in [-0.2, -0.15) is 0 Å². The van der Waals surface area contributed by atoms with Gasteiger partial charge in [-0.3, -0.25) is 9.69 Å². The van der Waals surface area contributed by atoms with Gasteiger partial charge in [0.15, 0.2) is 0 Å². The van der Waals surface area contributed by atoms with Gasteiger partial charge in [-0.1, -0.05) is 30.3 Å². The minimum absolute atomic E-state index is 0.341. The van der Waals surface area contributed by atoms with Crippen LogP contribution in [0.25, 0.3) is 0 Å². The summed E-state index contributed by atoms with van der Waals surface area (Å²) in [6, 6.07) is 11.1. The Bertz CT molecular complexity index is 499. The number of benzene rings is 1. The lowest BCUT2D eigenvalue weighted by atomic mass is 9.82. The van der Waals surface area contributed by atoms with Crippen LogP contribution in [-0.2, 0) is 11.3 Å². The molecule has 22 heavy (non-hydrogen) atoms. The predicted molar refractivity (Wildman–Crippen MR) is 89.4 cm³/mol. The zero-order valence-corrected chi connectivity index (χ0v) is 13.9. The Morgan fingerprint density at radius 3 is 2.55 bits per heavy atom. The third kappa shape index (κ3) is 3.52. The minimum Gasteiger partial charge on any atom is -0.340 e. The van der Waals surface area contributed by atoms with Crippen molar-refractivity contribution in [1.82, 2.24) is 9.80 Å². The maximum absolute atomic E-state index is 12.4. The topological polar surface area (TPSA) is 23.6 Å². The predicted octanol–water partition coefficient (Wildman–Crippen LogP) is 3.16. The molecule has 1 aromatic carbocycles. The molecule has 2 saturated heterocycles. The van der Waals surface area contributed by atoms with Crippen LogP contribution in [0.15, 0.2) is 30.3 Å². The summed E-state index contributed by atoms with van der Waals surface area (Å²) < 4.78 is 0. The molecule has 3 nitrogen and oxygen atoms in total. The molecule has 2 fully saturated rings. The molecule has 3 rings (SSSR count). The van der Waals surface area contributed by atoms with E-state index in [0.717, 1.165) is 32.6 Å². The molecule has 120 valence electrons. The number of piperidine rings is 1. The van der Waals surface area contributed by atoms with E-state index >= 15 is 0 Å². The Hall–Kier alpha value is -1.35. The van der Waals surface area contributed by atoms with Crippen LogP contribution in [0.4, 0.5) is 0 Å². The summed E-state index contributed by atoms with van der Waals surface area (Å²) in [5.41, 5.74) is 1.40. The summed E-state index contributed by atoms with van der Waals surface area (Å²) in [7, 11) is 0. The second-order valence-electron chi connectivity index (χ2n) is 7.20. The van der Waals surface area contributed by atoms with E-state index in [4.69, 9.17) is 0 Å². The maximum Gasteiger partial charge on any atom is 0.223 e. The molecule has 0 spiro atoms. The van der Waals surface area contributed by atoms with Crippen molar-refractivity contribution in [1.29, 1.82) is 0 Å². The fraction of sp³-hybridized carbons (Fsp3) is 0.632. The number of nitrogens with zero attached hydrogens (tertiary/aromatic N) is 2. The van der Waals surface area contributed by atoms with Crippen molar-refractivity contribution in [2.24, 2.45) is 11.8 Å². The molecule has 2 heterocycles. The van der Waals surface area contributed by atoms with E-state index in [-0.39, 0.29) is 0 Å². The van der Waals surface area contributed by atoms with Gasteiger partial charge >= 0.3 is 0 Å². The first-order valence-electron chi connectivity index (χ1n) is 8.69. The summed E-state index contributed by atoms with van der Waals surface area (Å²) in [4.78, 5) is 17.1. The molecule has 1 aromatic rings. The van der Waals surface area contributed by atoms with Gasteiger partial charge in [0.2, 0.25) is 5.91 Å². The number of rotatable bonds is 3.